The van der Waals surface area contributed by atoms with Gasteiger partial charge in [-0.2, -0.15) is 11.8 Å². The highest BCUT2D eigenvalue weighted by atomic mass is 32.2. The second kappa shape index (κ2) is 9.91. The number of aromatic nitrogens is 1. The monoisotopic (exact) mass is 452 g/mol. The number of benzene rings is 2. The van der Waals surface area contributed by atoms with Gasteiger partial charge in [-0.1, -0.05) is 48.5 Å². The van der Waals surface area contributed by atoms with Crippen LogP contribution in [0.3, 0.4) is 0 Å². The third-order valence-electron chi connectivity index (χ3n) is 5.57. The van der Waals surface area contributed by atoms with E-state index in [-0.39, 0.29) is 18.9 Å². The fourth-order valence-electron chi connectivity index (χ4n) is 3.88. The van der Waals surface area contributed by atoms with Gasteiger partial charge in [0.2, 0.25) is 0 Å². The van der Waals surface area contributed by atoms with Gasteiger partial charge < -0.3 is 19.6 Å². The van der Waals surface area contributed by atoms with Crippen molar-refractivity contribution in [1.82, 2.24) is 10.3 Å². The van der Waals surface area contributed by atoms with Crippen LogP contribution in [0.25, 0.3) is 11.1 Å². The Kier molecular flexibility index (Phi) is 6.80. The molecule has 1 heterocycles. The number of fused-ring (bicyclic) bond motifs is 3. The van der Waals surface area contributed by atoms with Crippen LogP contribution < -0.4 is 5.32 Å². The summed E-state index contributed by atoms with van der Waals surface area (Å²) in [5.74, 6) is 0.769. The number of oxazole rings is 1. The first-order valence-corrected chi connectivity index (χ1v) is 11.5. The zero-order valence-electron chi connectivity index (χ0n) is 17.6. The molecule has 1 amide bonds. The predicted molar refractivity (Wildman–Crippen MR) is 122 cm³/mol. The smallest absolute Gasteiger partial charge is 0.407 e. The Morgan fingerprint density at radius 3 is 2.41 bits per heavy atom. The van der Waals surface area contributed by atoms with Crippen molar-refractivity contribution in [3.8, 4) is 11.1 Å². The SMILES string of the molecule is Cc1ocnc1CSCCC(NC(=O)OCC1c2ccccc2-c2ccccc21)C(=O)O. The number of aliphatic carboxylic acids is 1. The average Bonchev–Trinajstić information content (AvgIpc) is 3.35. The maximum absolute atomic E-state index is 12.4. The number of alkyl carbamates (subject to hydrolysis) is 1. The van der Waals surface area contributed by atoms with Crippen LogP contribution in [0.5, 0.6) is 0 Å². The van der Waals surface area contributed by atoms with Gasteiger partial charge in [-0.15, -0.1) is 0 Å². The number of nitrogens with one attached hydrogen (secondary N) is 1. The van der Waals surface area contributed by atoms with Gasteiger partial charge in [-0.3, -0.25) is 0 Å². The third kappa shape index (κ3) is 4.80. The van der Waals surface area contributed by atoms with E-state index in [0.29, 0.717) is 11.5 Å². The molecule has 0 saturated heterocycles. The molecule has 0 fully saturated rings. The molecule has 1 atom stereocenters. The second-order valence-corrected chi connectivity index (χ2v) is 8.66. The summed E-state index contributed by atoms with van der Waals surface area (Å²) in [5, 5.41) is 12.0. The zero-order chi connectivity index (χ0) is 22.5. The minimum atomic E-state index is -1.09. The van der Waals surface area contributed by atoms with E-state index < -0.39 is 18.1 Å². The predicted octanol–water partition coefficient (Wildman–Crippen LogP) is 4.60. The fraction of sp³-hybridized carbons (Fsp3) is 0.292. The molecule has 1 aliphatic rings. The molecule has 166 valence electrons. The molecule has 4 rings (SSSR count). The lowest BCUT2D eigenvalue weighted by Gasteiger charge is -2.17. The van der Waals surface area contributed by atoms with Crippen molar-refractivity contribution < 1.29 is 23.8 Å². The fourth-order valence-corrected chi connectivity index (χ4v) is 4.89. The number of ether oxygens (including phenoxy) is 1. The van der Waals surface area contributed by atoms with Crippen molar-refractivity contribution in [2.24, 2.45) is 0 Å². The van der Waals surface area contributed by atoms with Crippen LogP contribution in [-0.2, 0) is 15.3 Å². The molecule has 2 N–H and O–H groups in total. The number of hydrogen-bond donors (Lipinski definition) is 2. The Labute approximate surface area is 190 Å². The Morgan fingerprint density at radius 2 is 1.81 bits per heavy atom. The molecule has 0 bridgehead atoms. The second-order valence-electron chi connectivity index (χ2n) is 7.56. The highest BCUT2D eigenvalue weighted by Gasteiger charge is 2.29. The number of hydrogen-bond acceptors (Lipinski definition) is 6. The summed E-state index contributed by atoms with van der Waals surface area (Å²) in [5.41, 5.74) is 5.33. The Bertz CT molecular complexity index is 1070. The quantitative estimate of drug-likeness (QED) is 0.458. The molecule has 8 heteroatoms. The summed E-state index contributed by atoms with van der Waals surface area (Å²) in [6.07, 6.45) is 0.946. The summed E-state index contributed by atoms with van der Waals surface area (Å²) >= 11 is 1.54. The van der Waals surface area contributed by atoms with Crippen LogP contribution >= 0.6 is 11.8 Å². The number of nitrogens with zero attached hydrogens (tertiary/aromatic N) is 1. The maximum Gasteiger partial charge on any atom is 0.407 e. The van der Waals surface area contributed by atoms with E-state index in [2.05, 4.69) is 22.4 Å². The molecular weight excluding hydrogens is 428 g/mol. The largest absolute Gasteiger partial charge is 0.480 e. The highest BCUT2D eigenvalue weighted by molar-refractivity contribution is 7.98. The standard InChI is InChI=1S/C24H24N2O5S/c1-15-22(25-14-31-15)13-32-11-10-21(23(27)28)26-24(29)30-12-20-18-8-4-2-6-16(18)17-7-3-5-9-19(17)20/h2-9,14,20-21H,10-13H2,1H3,(H,26,29)(H,27,28). The molecule has 0 aliphatic heterocycles. The molecule has 32 heavy (non-hydrogen) atoms. The summed E-state index contributed by atoms with van der Waals surface area (Å²) in [6.45, 7) is 1.98. The van der Waals surface area contributed by atoms with Crippen molar-refractivity contribution in [1.29, 1.82) is 0 Å². The van der Waals surface area contributed by atoms with Crippen molar-refractivity contribution in [3.05, 3.63) is 77.5 Å². The molecule has 3 aromatic rings. The van der Waals surface area contributed by atoms with E-state index in [4.69, 9.17) is 9.15 Å². The first-order valence-electron chi connectivity index (χ1n) is 10.4. The minimum Gasteiger partial charge on any atom is -0.480 e. The molecule has 7 nitrogen and oxygen atoms in total. The average molecular weight is 453 g/mol. The normalized spacial score (nSPS) is 13.3. The number of carbonyl (C=O) groups excluding carboxylic acids is 1. The summed E-state index contributed by atoms with van der Waals surface area (Å²) in [7, 11) is 0. The maximum atomic E-state index is 12.4. The molecule has 1 aromatic heterocycles. The Morgan fingerprint density at radius 1 is 1.16 bits per heavy atom. The molecule has 0 saturated carbocycles. The number of rotatable bonds is 9. The van der Waals surface area contributed by atoms with E-state index in [1.54, 1.807) is 0 Å². The van der Waals surface area contributed by atoms with Gasteiger partial charge in [0.15, 0.2) is 6.39 Å². The van der Waals surface area contributed by atoms with Crippen LogP contribution in [0, 0.1) is 6.92 Å². The third-order valence-corrected chi connectivity index (χ3v) is 6.57. The zero-order valence-corrected chi connectivity index (χ0v) is 18.4. The molecule has 0 spiro atoms. The van der Waals surface area contributed by atoms with Gasteiger partial charge in [0.1, 0.15) is 18.4 Å². The lowest BCUT2D eigenvalue weighted by atomic mass is 9.98. The van der Waals surface area contributed by atoms with E-state index in [0.717, 1.165) is 33.7 Å². The summed E-state index contributed by atoms with van der Waals surface area (Å²) in [4.78, 5) is 28.1. The van der Waals surface area contributed by atoms with Crippen LogP contribution in [-0.4, -0.2) is 40.6 Å². The van der Waals surface area contributed by atoms with E-state index in [1.807, 2.05) is 43.3 Å². The number of aryl methyl sites for hydroxylation is 1. The van der Waals surface area contributed by atoms with Crippen molar-refractivity contribution in [3.63, 3.8) is 0 Å². The van der Waals surface area contributed by atoms with Crippen molar-refractivity contribution >= 4 is 23.8 Å². The van der Waals surface area contributed by atoms with E-state index >= 15 is 0 Å². The molecular formula is C24H24N2O5S. The number of carbonyl (C=O) groups is 2. The van der Waals surface area contributed by atoms with Gasteiger partial charge in [0.05, 0.1) is 5.69 Å². The van der Waals surface area contributed by atoms with Gasteiger partial charge in [-0.25, -0.2) is 14.6 Å². The molecule has 1 aliphatic carbocycles. The number of amides is 1. The number of carboxylic acids is 1. The van der Waals surface area contributed by atoms with Crippen LogP contribution in [0.2, 0.25) is 0 Å². The highest BCUT2D eigenvalue weighted by Crippen LogP contribution is 2.44. The van der Waals surface area contributed by atoms with Gasteiger partial charge in [0.25, 0.3) is 0 Å². The Hall–Kier alpha value is -3.26. The van der Waals surface area contributed by atoms with Crippen molar-refractivity contribution in [2.75, 3.05) is 12.4 Å². The Balaban J connectivity index is 1.30. The minimum absolute atomic E-state index is 0.0716. The first-order chi connectivity index (χ1) is 15.5. The number of thioether (sulfide) groups is 1. The topological polar surface area (TPSA) is 102 Å². The van der Waals surface area contributed by atoms with Crippen LogP contribution in [0.1, 0.15) is 34.9 Å². The van der Waals surface area contributed by atoms with Gasteiger partial charge in [0, 0.05) is 11.7 Å². The van der Waals surface area contributed by atoms with Gasteiger partial charge in [-0.05, 0) is 41.4 Å². The number of carboxylic acid groups (broad SMARTS) is 1. The van der Waals surface area contributed by atoms with E-state index in [9.17, 15) is 14.7 Å². The molecule has 0 radical (unpaired) electrons. The summed E-state index contributed by atoms with van der Waals surface area (Å²) < 4.78 is 10.6. The van der Waals surface area contributed by atoms with Crippen molar-refractivity contribution in [2.45, 2.75) is 31.1 Å². The summed E-state index contributed by atoms with van der Waals surface area (Å²) in [6, 6.07) is 15.1. The van der Waals surface area contributed by atoms with Crippen LogP contribution in [0.15, 0.2) is 59.3 Å². The lowest BCUT2D eigenvalue weighted by Crippen LogP contribution is -2.41. The molecule has 2 aromatic carbocycles. The van der Waals surface area contributed by atoms with Gasteiger partial charge >= 0.3 is 12.1 Å². The lowest BCUT2D eigenvalue weighted by molar-refractivity contribution is -0.139. The molecule has 1 unspecified atom stereocenters. The first kappa shape index (κ1) is 22.0. The van der Waals surface area contributed by atoms with Crippen LogP contribution in [0.4, 0.5) is 4.79 Å². The van der Waals surface area contributed by atoms with E-state index in [1.165, 1.54) is 18.2 Å².